The monoisotopic (exact) mass is 413 g/mol. The largest absolute Gasteiger partial charge is 0.425 e. The topological polar surface area (TPSA) is 39.2 Å². The Bertz CT molecular complexity index is 802. The number of carbonyl (C=O) groups excluding carboxylic acids is 1. The summed E-state index contributed by atoms with van der Waals surface area (Å²) in [5.74, 6) is -0.0316. The smallest absolute Gasteiger partial charge is 0.317 e. The molecule has 0 unspecified atom stereocenters. The lowest BCUT2D eigenvalue weighted by Gasteiger charge is -2.05. The molecule has 2 aromatic heterocycles. The van der Waals surface area contributed by atoms with Gasteiger partial charge in [-0.15, -0.1) is 22.7 Å². The first kappa shape index (κ1) is 15.7. The third-order valence-corrected chi connectivity index (χ3v) is 5.45. The second-order valence-electron chi connectivity index (χ2n) is 4.35. The predicted molar refractivity (Wildman–Crippen MR) is 93.9 cm³/mol. The fourth-order valence-corrected chi connectivity index (χ4v) is 4.11. The minimum absolute atomic E-state index is 0.119. The average molecular weight is 415 g/mol. The Morgan fingerprint density at radius 3 is 2.91 bits per heavy atom. The van der Waals surface area contributed by atoms with Gasteiger partial charge in [0.1, 0.15) is 10.8 Å². The van der Waals surface area contributed by atoms with Gasteiger partial charge in [0.25, 0.3) is 0 Å². The maximum atomic E-state index is 12.0. The molecular weight excluding hydrogens is 406 g/mol. The molecule has 112 valence electrons. The second kappa shape index (κ2) is 6.91. The van der Waals surface area contributed by atoms with Gasteiger partial charge in [0.05, 0.1) is 22.0 Å². The van der Waals surface area contributed by atoms with E-state index in [1.807, 2.05) is 22.9 Å². The van der Waals surface area contributed by atoms with Crippen LogP contribution in [0.15, 0.2) is 45.6 Å². The molecular formula is C15H9BrClNO2S2. The number of hydrogen-bond donors (Lipinski definition) is 0. The molecule has 2 heterocycles. The van der Waals surface area contributed by atoms with Crippen molar-refractivity contribution in [1.82, 2.24) is 4.98 Å². The van der Waals surface area contributed by atoms with Crippen molar-refractivity contribution in [2.24, 2.45) is 0 Å². The number of halogens is 2. The van der Waals surface area contributed by atoms with Crippen molar-refractivity contribution >= 4 is 56.2 Å². The van der Waals surface area contributed by atoms with E-state index in [0.717, 1.165) is 14.4 Å². The Balaban J connectivity index is 1.67. The number of benzene rings is 1. The SMILES string of the molecule is O=C(Cc1csc(-c2cccs2)n1)Oc1ccc(Br)cc1Cl. The molecule has 0 fully saturated rings. The number of aromatic nitrogens is 1. The third-order valence-electron chi connectivity index (χ3n) is 2.73. The number of thiazole rings is 1. The first-order chi connectivity index (χ1) is 10.6. The van der Waals surface area contributed by atoms with Crippen LogP contribution in [0.5, 0.6) is 5.75 Å². The van der Waals surface area contributed by atoms with Gasteiger partial charge in [0, 0.05) is 9.85 Å². The van der Waals surface area contributed by atoms with Gasteiger partial charge in [-0.25, -0.2) is 4.98 Å². The minimum Gasteiger partial charge on any atom is -0.425 e. The number of thiophene rings is 1. The summed E-state index contributed by atoms with van der Waals surface area (Å²) in [6.45, 7) is 0. The first-order valence-electron chi connectivity index (χ1n) is 6.26. The zero-order valence-corrected chi connectivity index (χ0v) is 15.1. The van der Waals surface area contributed by atoms with Crippen molar-refractivity contribution in [1.29, 1.82) is 0 Å². The van der Waals surface area contributed by atoms with E-state index in [2.05, 4.69) is 20.9 Å². The zero-order valence-electron chi connectivity index (χ0n) is 11.1. The summed E-state index contributed by atoms with van der Waals surface area (Å²) in [4.78, 5) is 17.5. The normalized spacial score (nSPS) is 10.6. The molecule has 0 radical (unpaired) electrons. The molecule has 3 rings (SSSR count). The van der Waals surface area contributed by atoms with Crippen LogP contribution in [0.25, 0.3) is 9.88 Å². The van der Waals surface area contributed by atoms with Crippen LogP contribution in [0.4, 0.5) is 0 Å². The van der Waals surface area contributed by atoms with Gasteiger partial charge in [-0.05, 0) is 29.6 Å². The van der Waals surface area contributed by atoms with Crippen LogP contribution in [0.2, 0.25) is 5.02 Å². The maximum Gasteiger partial charge on any atom is 0.317 e. The van der Waals surface area contributed by atoms with Crippen molar-refractivity contribution in [3.63, 3.8) is 0 Å². The molecule has 3 nitrogen and oxygen atoms in total. The van der Waals surface area contributed by atoms with Crippen molar-refractivity contribution < 1.29 is 9.53 Å². The molecule has 0 aliphatic rings. The van der Waals surface area contributed by atoms with Crippen LogP contribution in [0.1, 0.15) is 5.69 Å². The molecule has 0 aliphatic heterocycles. The lowest BCUT2D eigenvalue weighted by molar-refractivity contribution is -0.133. The molecule has 0 bridgehead atoms. The van der Waals surface area contributed by atoms with E-state index in [0.29, 0.717) is 16.5 Å². The van der Waals surface area contributed by atoms with Crippen LogP contribution in [-0.4, -0.2) is 11.0 Å². The number of carbonyl (C=O) groups is 1. The predicted octanol–water partition coefficient (Wildman–Crippen LogP) is 5.44. The van der Waals surface area contributed by atoms with Crippen molar-refractivity contribution in [2.75, 3.05) is 0 Å². The summed E-state index contributed by atoms with van der Waals surface area (Å²) in [5.41, 5.74) is 0.701. The molecule has 0 saturated carbocycles. The summed E-state index contributed by atoms with van der Waals surface area (Å²) in [6, 6.07) is 9.09. The summed E-state index contributed by atoms with van der Waals surface area (Å²) in [5, 5.41) is 5.18. The maximum absolute atomic E-state index is 12.0. The Kier molecular flexibility index (Phi) is 4.93. The number of nitrogens with zero attached hydrogens (tertiary/aromatic N) is 1. The van der Waals surface area contributed by atoms with Gasteiger partial charge < -0.3 is 4.74 Å². The highest BCUT2D eigenvalue weighted by Crippen LogP contribution is 2.29. The van der Waals surface area contributed by atoms with Crippen LogP contribution in [0, 0.1) is 0 Å². The highest BCUT2D eigenvalue weighted by molar-refractivity contribution is 9.10. The molecule has 0 saturated heterocycles. The fraction of sp³-hybridized carbons (Fsp3) is 0.0667. The van der Waals surface area contributed by atoms with Gasteiger partial charge in [-0.1, -0.05) is 33.6 Å². The lowest BCUT2D eigenvalue weighted by atomic mass is 10.3. The highest BCUT2D eigenvalue weighted by atomic mass is 79.9. The lowest BCUT2D eigenvalue weighted by Crippen LogP contribution is -2.11. The third kappa shape index (κ3) is 3.76. The summed E-state index contributed by atoms with van der Waals surface area (Å²) >= 11 is 12.5. The van der Waals surface area contributed by atoms with Gasteiger partial charge in [-0.2, -0.15) is 0 Å². The number of rotatable bonds is 4. The minimum atomic E-state index is -0.382. The number of hydrogen-bond acceptors (Lipinski definition) is 5. The molecule has 1 aromatic carbocycles. The summed E-state index contributed by atoms with van der Waals surface area (Å²) < 4.78 is 6.11. The first-order valence-corrected chi connectivity index (χ1v) is 9.19. The second-order valence-corrected chi connectivity index (χ2v) is 7.48. The van der Waals surface area contributed by atoms with Gasteiger partial charge in [-0.3, -0.25) is 4.79 Å². The molecule has 0 amide bonds. The van der Waals surface area contributed by atoms with Crippen LogP contribution >= 0.6 is 50.2 Å². The molecule has 0 aliphatic carbocycles. The summed E-state index contributed by atoms with van der Waals surface area (Å²) in [7, 11) is 0. The highest BCUT2D eigenvalue weighted by Gasteiger charge is 2.13. The van der Waals surface area contributed by atoms with E-state index in [1.165, 1.54) is 11.3 Å². The van der Waals surface area contributed by atoms with Crippen molar-refractivity contribution in [3.8, 4) is 15.6 Å². The van der Waals surface area contributed by atoms with Gasteiger partial charge >= 0.3 is 5.97 Å². The Hall–Kier alpha value is -1.21. The molecule has 0 atom stereocenters. The Labute approximate surface area is 148 Å². The molecule has 22 heavy (non-hydrogen) atoms. The summed E-state index contributed by atoms with van der Waals surface area (Å²) in [6.07, 6.45) is 0.119. The van der Waals surface area contributed by atoms with E-state index in [4.69, 9.17) is 16.3 Å². The quantitative estimate of drug-likeness (QED) is 0.422. The average Bonchev–Trinajstić information content (AvgIpc) is 3.12. The standard InChI is InChI=1S/C15H9BrClNO2S2/c16-9-3-4-12(11(17)6-9)20-14(19)7-10-8-22-15(18-10)13-2-1-5-21-13/h1-6,8H,7H2. The Morgan fingerprint density at radius 1 is 1.32 bits per heavy atom. The zero-order chi connectivity index (χ0) is 15.5. The number of ether oxygens (including phenoxy) is 1. The molecule has 7 heteroatoms. The molecule has 0 N–H and O–H groups in total. The molecule has 0 spiro atoms. The fourth-order valence-electron chi connectivity index (χ4n) is 1.77. The van der Waals surface area contributed by atoms with Gasteiger partial charge in [0.15, 0.2) is 0 Å². The van der Waals surface area contributed by atoms with Crippen LogP contribution in [0.3, 0.4) is 0 Å². The van der Waals surface area contributed by atoms with Crippen molar-refractivity contribution in [3.05, 3.63) is 56.3 Å². The van der Waals surface area contributed by atoms with E-state index >= 15 is 0 Å². The van der Waals surface area contributed by atoms with E-state index in [1.54, 1.807) is 29.5 Å². The number of esters is 1. The van der Waals surface area contributed by atoms with Crippen LogP contribution < -0.4 is 4.74 Å². The van der Waals surface area contributed by atoms with E-state index in [-0.39, 0.29) is 12.4 Å². The van der Waals surface area contributed by atoms with E-state index < -0.39 is 0 Å². The molecule has 3 aromatic rings. The van der Waals surface area contributed by atoms with E-state index in [9.17, 15) is 4.79 Å². The Morgan fingerprint density at radius 2 is 2.18 bits per heavy atom. The van der Waals surface area contributed by atoms with Crippen molar-refractivity contribution in [2.45, 2.75) is 6.42 Å². The van der Waals surface area contributed by atoms with Crippen LogP contribution in [-0.2, 0) is 11.2 Å². The van der Waals surface area contributed by atoms with Gasteiger partial charge in [0.2, 0.25) is 0 Å².